The number of nitrogens with one attached hydrogen (secondary N) is 2. The molecule has 1 atom stereocenters. The van der Waals surface area contributed by atoms with Crippen LogP contribution in [0.3, 0.4) is 0 Å². The first kappa shape index (κ1) is 16.8. The molecule has 0 radical (unpaired) electrons. The van der Waals surface area contributed by atoms with Gasteiger partial charge in [-0.2, -0.15) is 0 Å². The first-order valence-corrected chi connectivity index (χ1v) is 7.70. The van der Waals surface area contributed by atoms with Crippen LogP contribution in [0.25, 0.3) is 0 Å². The number of ether oxygens (including phenoxy) is 1. The largest absolute Gasteiger partial charge is 0.494 e. The topological polar surface area (TPSA) is 81.1 Å². The van der Waals surface area contributed by atoms with Gasteiger partial charge in [-0.05, 0) is 31.0 Å². The van der Waals surface area contributed by atoms with E-state index >= 15 is 0 Å². The van der Waals surface area contributed by atoms with E-state index < -0.39 is 0 Å². The van der Waals surface area contributed by atoms with Crippen LogP contribution in [-0.4, -0.2) is 27.4 Å². The molecule has 0 aliphatic heterocycles. The van der Waals surface area contributed by atoms with Crippen LogP contribution in [0.5, 0.6) is 5.75 Å². The highest BCUT2D eigenvalue weighted by atomic mass is 16.5. The van der Waals surface area contributed by atoms with Crippen molar-refractivity contribution < 1.29 is 9.53 Å². The van der Waals surface area contributed by atoms with Crippen LogP contribution >= 0.6 is 0 Å². The summed E-state index contributed by atoms with van der Waals surface area (Å²) in [6.07, 6.45) is 2.57. The van der Waals surface area contributed by atoms with Gasteiger partial charge in [0.25, 0.3) is 0 Å². The molecule has 1 aromatic heterocycles. The van der Waals surface area contributed by atoms with E-state index in [9.17, 15) is 4.79 Å². The standard InChI is InChI=1S/C16H23N5O2/c1-4-8-23-14-7-5-6-13(9-14)10-17-16(22)19-12(2)15-20-18-11-21(15)3/h5-7,9,11-12H,4,8,10H2,1-3H3,(H2,17,19,22)/t12-/m1/s1. The smallest absolute Gasteiger partial charge is 0.315 e. The molecule has 0 saturated heterocycles. The molecule has 23 heavy (non-hydrogen) atoms. The maximum Gasteiger partial charge on any atom is 0.315 e. The Balaban J connectivity index is 1.83. The fourth-order valence-corrected chi connectivity index (χ4v) is 2.14. The maximum atomic E-state index is 12.0. The van der Waals surface area contributed by atoms with Crippen molar-refractivity contribution in [3.05, 3.63) is 42.0 Å². The van der Waals surface area contributed by atoms with Crippen molar-refractivity contribution in [2.75, 3.05) is 6.61 Å². The summed E-state index contributed by atoms with van der Waals surface area (Å²) < 4.78 is 7.36. The fourth-order valence-electron chi connectivity index (χ4n) is 2.14. The maximum absolute atomic E-state index is 12.0. The fraction of sp³-hybridized carbons (Fsp3) is 0.438. The zero-order valence-corrected chi connectivity index (χ0v) is 13.7. The Morgan fingerprint density at radius 2 is 2.26 bits per heavy atom. The Kier molecular flexibility index (Phi) is 5.96. The molecule has 0 spiro atoms. The average Bonchev–Trinajstić information content (AvgIpc) is 2.97. The van der Waals surface area contributed by atoms with Crippen molar-refractivity contribution in [1.82, 2.24) is 25.4 Å². The minimum atomic E-state index is -0.250. The highest BCUT2D eigenvalue weighted by Crippen LogP contribution is 2.13. The van der Waals surface area contributed by atoms with Gasteiger partial charge in [0.15, 0.2) is 5.82 Å². The predicted molar refractivity (Wildman–Crippen MR) is 87.0 cm³/mol. The van der Waals surface area contributed by atoms with Gasteiger partial charge in [0.2, 0.25) is 0 Å². The molecule has 1 heterocycles. The molecular weight excluding hydrogens is 294 g/mol. The summed E-state index contributed by atoms with van der Waals surface area (Å²) >= 11 is 0. The molecule has 0 aliphatic carbocycles. The molecule has 0 bridgehead atoms. The minimum Gasteiger partial charge on any atom is -0.494 e. The van der Waals surface area contributed by atoms with Crippen molar-refractivity contribution in [1.29, 1.82) is 0 Å². The summed E-state index contributed by atoms with van der Waals surface area (Å²) in [7, 11) is 1.84. The van der Waals surface area contributed by atoms with E-state index in [4.69, 9.17) is 4.74 Å². The van der Waals surface area contributed by atoms with Gasteiger partial charge >= 0.3 is 6.03 Å². The van der Waals surface area contributed by atoms with Crippen LogP contribution in [0, 0.1) is 0 Å². The SMILES string of the molecule is CCCOc1cccc(CNC(=O)N[C@H](C)c2nncn2C)c1. The third-order valence-electron chi connectivity index (χ3n) is 3.31. The lowest BCUT2D eigenvalue weighted by atomic mass is 10.2. The van der Waals surface area contributed by atoms with Gasteiger partial charge < -0.3 is 19.9 Å². The molecule has 2 N–H and O–H groups in total. The van der Waals surface area contributed by atoms with Gasteiger partial charge in [-0.3, -0.25) is 0 Å². The van der Waals surface area contributed by atoms with Gasteiger partial charge in [-0.15, -0.1) is 10.2 Å². The van der Waals surface area contributed by atoms with Crippen molar-refractivity contribution in [2.45, 2.75) is 32.9 Å². The number of rotatable bonds is 7. The van der Waals surface area contributed by atoms with Gasteiger partial charge in [0.05, 0.1) is 12.6 Å². The van der Waals surface area contributed by atoms with Crippen LogP contribution in [0.1, 0.15) is 37.7 Å². The van der Waals surface area contributed by atoms with E-state index in [-0.39, 0.29) is 12.1 Å². The van der Waals surface area contributed by atoms with Crippen molar-refractivity contribution in [3.63, 3.8) is 0 Å². The summed E-state index contributed by atoms with van der Waals surface area (Å²) in [6.45, 7) is 5.05. The van der Waals surface area contributed by atoms with Crippen molar-refractivity contribution in [2.24, 2.45) is 7.05 Å². The van der Waals surface area contributed by atoms with Crippen LogP contribution < -0.4 is 15.4 Å². The molecule has 0 unspecified atom stereocenters. The average molecular weight is 317 g/mol. The first-order valence-electron chi connectivity index (χ1n) is 7.70. The molecular formula is C16H23N5O2. The summed E-state index contributed by atoms with van der Waals surface area (Å²) in [6, 6.07) is 7.24. The highest BCUT2D eigenvalue weighted by Gasteiger charge is 2.13. The van der Waals surface area contributed by atoms with E-state index in [0.717, 1.165) is 17.7 Å². The second kappa shape index (κ2) is 8.17. The lowest BCUT2D eigenvalue weighted by Crippen LogP contribution is -2.37. The number of hydrogen-bond donors (Lipinski definition) is 2. The lowest BCUT2D eigenvalue weighted by Gasteiger charge is -2.14. The minimum absolute atomic E-state index is 0.221. The number of hydrogen-bond acceptors (Lipinski definition) is 4. The number of aryl methyl sites for hydroxylation is 1. The van der Waals surface area contributed by atoms with E-state index in [0.29, 0.717) is 19.0 Å². The molecule has 0 fully saturated rings. The monoisotopic (exact) mass is 317 g/mol. The molecule has 0 saturated carbocycles. The molecule has 2 rings (SSSR count). The van der Waals surface area contributed by atoms with E-state index in [1.807, 2.05) is 38.2 Å². The molecule has 1 aromatic carbocycles. The summed E-state index contributed by atoms with van der Waals surface area (Å²) in [5, 5.41) is 13.5. The second-order valence-corrected chi connectivity index (χ2v) is 5.34. The Hall–Kier alpha value is -2.57. The van der Waals surface area contributed by atoms with E-state index in [1.165, 1.54) is 0 Å². The number of amides is 2. The number of aromatic nitrogens is 3. The highest BCUT2D eigenvalue weighted by molar-refractivity contribution is 5.74. The number of carbonyl (C=O) groups is 1. The molecule has 2 amide bonds. The zero-order valence-electron chi connectivity index (χ0n) is 13.7. The Bertz CT molecular complexity index is 641. The molecule has 7 heteroatoms. The van der Waals surface area contributed by atoms with E-state index in [2.05, 4.69) is 27.8 Å². The molecule has 7 nitrogen and oxygen atoms in total. The normalized spacial score (nSPS) is 11.8. The second-order valence-electron chi connectivity index (χ2n) is 5.34. The van der Waals surface area contributed by atoms with E-state index in [1.54, 1.807) is 10.9 Å². The van der Waals surface area contributed by atoms with Crippen LogP contribution in [0.4, 0.5) is 4.79 Å². The quantitative estimate of drug-likeness (QED) is 0.820. The predicted octanol–water partition coefficient (Wildman–Crippen LogP) is 2.16. The third-order valence-corrected chi connectivity index (χ3v) is 3.31. The number of benzene rings is 1. The van der Waals surface area contributed by atoms with Gasteiger partial charge in [0, 0.05) is 13.6 Å². The number of nitrogens with zero attached hydrogens (tertiary/aromatic N) is 3. The van der Waals surface area contributed by atoms with Gasteiger partial charge in [-0.25, -0.2) is 4.79 Å². The third kappa shape index (κ3) is 4.98. The van der Waals surface area contributed by atoms with Crippen LogP contribution in [-0.2, 0) is 13.6 Å². The summed E-state index contributed by atoms with van der Waals surface area (Å²) in [4.78, 5) is 12.0. The van der Waals surface area contributed by atoms with Crippen molar-refractivity contribution >= 4 is 6.03 Å². The van der Waals surface area contributed by atoms with Gasteiger partial charge in [-0.1, -0.05) is 19.1 Å². The van der Waals surface area contributed by atoms with Crippen LogP contribution in [0.2, 0.25) is 0 Å². The number of carbonyl (C=O) groups excluding carboxylic acids is 1. The Morgan fingerprint density at radius 3 is 2.96 bits per heavy atom. The first-order chi connectivity index (χ1) is 11.1. The molecule has 2 aromatic rings. The van der Waals surface area contributed by atoms with Crippen LogP contribution in [0.15, 0.2) is 30.6 Å². The van der Waals surface area contributed by atoms with Gasteiger partial charge in [0.1, 0.15) is 12.1 Å². The summed E-state index contributed by atoms with van der Waals surface area (Å²) in [5.41, 5.74) is 0.986. The Morgan fingerprint density at radius 1 is 1.43 bits per heavy atom. The summed E-state index contributed by atoms with van der Waals surface area (Å²) in [5.74, 6) is 1.52. The zero-order chi connectivity index (χ0) is 16.7. The lowest BCUT2D eigenvalue weighted by molar-refractivity contribution is 0.237. The molecule has 124 valence electrons. The molecule has 0 aliphatic rings. The van der Waals surface area contributed by atoms with Crippen molar-refractivity contribution in [3.8, 4) is 5.75 Å². The Labute approximate surface area is 136 Å². The number of urea groups is 1.